The van der Waals surface area contributed by atoms with E-state index < -0.39 is 11.2 Å². The van der Waals surface area contributed by atoms with Crippen LogP contribution in [0.3, 0.4) is 0 Å². The third-order valence-corrected chi connectivity index (χ3v) is 4.15. The van der Waals surface area contributed by atoms with Crippen molar-refractivity contribution in [3.05, 3.63) is 56.2 Å². The zero-order valence-electron chi connectivity index (χ0n) is 13.7. The molecule has 0 aliphatic carbocycles. The van der Waals surface area contributed by atoms with Crippen LogP contribution in [0, 0.1) is 0 Å². The molecule has 126 valence electrons. The molecule has 0 unspecified atom stereocenters. The summed E-state index contributed by atoms with van der Waals surface area (Å²) in [4.78, 5) is 27.7. The van der Waals surface area contributed by atoms with Crippen LogP contribution in [0.15, 0.2) is 39.0 Å². The first-order valence-electron chi connectivity index (χ1n) is 7.50. The van der Waals surface area contributed by atoms with Gasteiger partial charge in [-0.3, -0.25) is 14.3 Å². The molecule has 0 saturated carbocycles. The molecule has 0 fully saturated rings. The number of hydrogen-bond donors (Lipinski definition) is 3. The van der Waals surface area contributed by atoms with Crippen LogP contribution in [0.2, 0.25) is 0 Å². The molecule has 8 nitrogen and oxygen atoms in total. The summed E-state index contributed by atoms with van der Waals surface area (Å²) in [6, 6.07) is 7.91. The van der Waals surface area contributed by atoms with E-state index in [9.17, 15) is 14.7 Å². The minimum absolute atomic E-state index is 0.0250. The first-order chi connectivity index (χ1) is 11.4. The number of aromatic nitrogens is 2. The van der Waals surface area contributed by atoms with E-state index in [1.165, 1.54) is 7.05 Å². The molecule has 3 rings (SSSR count). The summed E-state index contributed by atoms with van der Waals surface area (Å²) < 4.78 is 0.985. The van der Waals surface area contributed by atoms with Crippen molar-refractivity contribution in [2.45, 2.75) is 12.5 Å². The Kier molecular flexibility index (Phi) is 3.88. The van der Waals surface area contributed by atoms with Crippen molar-refractivity contribution in [2.24, 2.45) is 12.1 Å². The quantitative estimate of drug-likeness (QED) is 0.751. The summed E-state index contributed by atoms with van der Waals surface area (Å²) in [5.74, 6) is -0.382. The fraction of sp³-hybridized carbons (Fsp3) is 0.312. The Bertz CT molecular complexity index is 909. The zero-order valence-corrected chi connectivity index (χ0v) is 13.7. The van der Waals surface area contributed by atoms with Gasteiger partial charge in [-0.25, -0.2) is 4.79 Å². The van der Waals surface area contributed by atoms with Gasteiger partial charge < -0.3 is 15.4 Å². The second-order valence-corrected chi connectivity index (χ2v) is 5.95. The molecule has 1 atom stereocenters. The number of hydrazone groups is 1. The van der Waals surface area contributed by atoms with Gasteiger partial charge in [-0.05, 0) is 17.7 Å². The molecule has 1 aliphatic rings. The van der Waals surface area contributed by atoms with Crippen molar-refractivity contribution in [3.8, 4) is 5.88 Å². The standard InChI is InChI=1S/C16H19N5O3/c1-20(2)10-6-4-9(5-7-10)11-8-12(19-18-11)13-14(22)17-16(24)21(3)15(13)23/h4-7,11,18,23H,8H2,1-3H3,(H,17,22,24)/t11-/m1/s1. The van der Waals surface area contributed by atoms with Crippen molar-refractivity contribution >= 4 is 11.4 Å². The van der Waals surface area contributed by atoms with Crippen molar-refractivity contribution in [3.63, 3.8) is 0 Å². The average Bonchev–Trinajstić information content (AvgIpc) is 3.02. The Balaban J connectivity index is 1.87. The van der Waals surface area contributed by atoms with Gasteiger partial charge in [0.25, 0.3) is 5.56 Å². The van der Waals surface area contributed by atoms with Gasteiger partial charge in [0, 0.05) is 33.3 Å². The van der Waals surface area contributed by atoms with E-state index in [4.69, 9.17) is 0 Å². The molecule has 0 bridgehead atoms. The third kappa shape index (κ3) is 2.66. The van der Waals surface area contributed by atoms with Gasteiger partial charge in [-0.1, -0.05) is 12.1 Å². The van der Waals surface area contributed by atoms with Crippen LogP contribution in [0.1, 0.15) is 23.6 Å². The molecule has 1 aromatic carbocycles. The van der Waals surface area contributed by atoms with E-state index in [2.05, 4.69) is 15.5 Å². The molecule has 1 aromatic heterocycles. The first kappa shape index (κ1) is 15.9. The maximum absolute atomic E-state index is 12.0. The number of benzene rings is 1. The third-order valence-electron chi connectivity index (χ3n) is 4.15. The lowest BCUT2D eigenvalue weighted by Crippen LogP contribution is -2.32. The number of nitrogens with zero attached hydrogens (tertiary/aromatic N) is 3. The van der Waals surface area contributed by atoms with Gasteiger partial charge >= 0.3 is 5.69 Å². The maximum Gasteiger partial charge on any atom is 0.330 e. The smallest absolute Gasteiger partial charge is 0.330 e. The van der Waals surface area contributed by atoms with Gasteiger partial charge in [0.1, 0.15) is 5.56 Å². The lowest BCUT2D eigenvalue weighted by molar-refractivity contribution is 0.416. The zero-order chi connectivity index (χ0) is 17.4. The number of aromatic amines is 1. The molecular weight excluding hydrogens is 310 g/mol. The molecule has 0 amide bonds. The molecule has 1 aliphatic heterocycles. The molecule has 2 aromatic rings. The summed E-state index contributed by atoms with van der Waals surface area (Å²) in [5, 5.41) is 14.3. The van der Waals surface area contributed by atoms with Crippen molar-refractivity contribution in [1.82, 2.24) is 15.0 Å². The predicted octanol–water partition coefficient (Wildman–Crippen LogP) is 0.284. The van der Waals surface area contributed by atoms with Gasteiger partial charge in [0.15, 0.2) is 0 Å². The number of anilines is 1. The normalized spacial score (nSPS) is 16.6. The SMILES string of the molecule is CN(C)c1ccc([C@H]2CC(c3c(O)n(C)c(=O)[nH]c3=O)=NN2)cc1. The average molecular weight is 329 g/mol. The van der Waals surface area contributed by atoms with E-state index in [0.29, 0.717) is 12.1 Å². The molecule has 0 saturated heterocycles. The van der Waals surface area contributed by atoms with Gasteiger partial charge in [0.05, 0.1) is 11.8 Å². The highest BCUT2D eigenvalue weighted by atomic mass is 16.3. The minimum atomic E-state index is -0.663. The summed E-state index contributed by atoms with van der Waals surface area (Å²) in [5.41, 5.74) is 4.24. The highest BCUT2D eigenvalue weighted by Crippen LogP contribution is 2.27. The fourth-order valence-electron chi connectivity index (χ4n) is 2.66. The van der Waals surface area contributed by atoms with Gasteiger partial charge in [0.2, 0.25) is 5.88 Å². The molecule has 8 heteroatoms. The van der Waals surface area contributed by atoms with E-state index >= 15 is 0 Å². The lowest BCUT2D eigenvalue weighted by Gasteiger charge is -2.15. The van der Waals surface area contributed by atoms with Crippen LogP contribution < -0.4 is 21.6 Å². The fourth-order valence-corrected chi connectivity index (χ4v) is 2.66. The molecular formula is C16H19N5O3. The Morgan fingerprint density at radius 3 is 2.54 bits per heavy atom. The van der Waals surface area contributed by atoms with E-state index in [-0.39, 0.29) is 17.5 Å². The van der Waals surface area contributed by atoms with Crippen molar-refractivity contribution in [2.75, 3.05) is 19.0 Å². The van der Waals surface area contributed by atoms with Crippen LogP contribution >= 0.6 is 0 Å². The lowest BCUT2D eigenvalue weighted by atomic mass is 10.00. The molecule has 2 heterocycles. The Hall–Kier alpha value is -3.03. The Morgan fingerprint density at radius 2 is 1.92 bits per heavy atom. The van der Waals surface area contributed by atoms with Crippen LogP contribution in [0.5, 0.6) is 5.88 Å². The highest BCUT2D eigenvalue weighted by Gasteiger charge is 2.26. The van der Waals surface area contributed by atoms with Crippen LogP contribution in [-0.4, -0.2) is 34.5 Å². The Morgan fingerprint density at radius 1 is 1.25 bits per heavy atom. The number of nitrogens with one attached hydrogen (secondary N) is 2. The van der Waals surface area contributed by atoms with E-state index in [1.54, 1.807) is 0 Å². The van der Waals surface area contributed by atoms with Crippen molar-refractivity contribution < 1.29 is 5.11 Å². The largest absolute Gasteiger partial charge is 0.494 e. The summed E-state index contributed by atoms with van der Waals surface area (Å²) in [6.07, 6.45) is 0.441. The number of H-pyrrole nitrogens is 1. The van der Waals surface area contributed by atoms with Crippen LogP contribution in [0.4, 0.5) is 5.69 Å². The molecule has 24 heavy (non-hydrogen) atoms. The number of aromatic hydroxyl groups is 1. The van der Waals surface area contributed by atoms with E-state index in [0.717, 1.165) is 15.8 Å². The number of hydrogen-bond acceptors (Lipinski definition) is 6. The number of rotatable bonds is 3. The topological polar surface area (TPSA) is 103 Å². The van der Waals surface area contributed by atoms with Crippen LogP contribution in [-0.2, 0) is 7.05 Å². The molecule has 0 spiro atoms. The maximum atomic E-state index is 12.0. The second-order valence-electron chi connectivity index (χ2n) is 5.95. The summed E-state index contributed by atoms with van der Waals surface area (Å²) in [6.45, 7) is 0. The molecule has 0 radical (unpaired) electrons. The van der Waals surface area contributed by atoms with Crippen LogP contribution in [0.25, 0.3) is 0 Å². The van der Waals surface area contributed by atoms with Crippen molar-refractivity contribution in [1.29, 1.82) is 0 Å². The predicted molar refractivity (Wildman–Crippen MR) is 91.8 cm³/mol. The van der Waals surface area contributed by atoms with Gasteiger partial charge in [-0.15, -0.1) is 0 Å². The monoisotopic (exact) mass is 329 g/mol. The summed E-state index contributed by atoms with van der Waals surface area (Å²) >= 11 is 0. The minimum Gasteiger partial charge on any atom is -0.494 e. The van der Waals surface area contributed by atoms with Gasteiger partial charge in [-0.2, -0.15) is 5.10 Å². The first-order valence-corrected chi connectivity index (χ1v) is 7.50. The van der Waals surface area contributed by atoms with E-state index in [1.807, 2.05) is 43.3 Å². The molecule has 3 N–H and O–H groups in total. The summed E-state index contributed by atoms with van der Waals surface area (Å²) in [7, 11) is 5.33. The Labute approximate surface area is 138 Å². The highest BCUT2D eigenvalue weighted by molar-refractivity contribution is 6.03. The second kappa shape index (κ2) is 5.88.